The highest BCUT2D eigenvalue weighted by Crippen LogP contribution is 2.31. The zero-order valence-electron chi connectivity index (χ0n) is 11.6. The Morgan fingerprint density at radius 3 is 2.79 bits per heavy atom. The minimum Gasteiger partial charge on any atom is -0.355 e. The summed E-state index contributed by atoms with van der Waals surface area (Å²) in [6.45, 7) is 4.24. The summed E-state index contributed by atoms with van der Waals surface area (Å²) in [5, 5.41) is 6.25. The van der Waals surface area contributed by atoms with Crippen molar-refractivity contribution in [3.8, 4) is 0 Å². The summed E-state index contributed by atoms with van der Waals surface area (Å²) in [5.41, 5.74) is -0.272. The Morgan fingerprint density at radius 1 is 1.47 bits per heavy atom. The van der Waals surface area contributed by atoms with E-state index in [0.29, 0.717) is 13.0 Å². The predicted molar refractivity (Wildman–Crippen MR) is 74.6 cm³/mol. The van der Waals surface area contributed by atoms with Gasteiger partial charge in [-0.15, -0.1) is 0 Å². The highest BCUT2D eigenvalue weighted by Gasteiger charge is 2.40. The van der Waals surface area contributed by atoms with E-state index in [4.69, 9.17) is 0 Å². The van der Waals surface area contributed by atoms with Crippen LogP contribution in [0.2, 0.25) is 0 Å². The van der Waals surface area contributed by atoms with Crippen molar-refractivity contribution in [3.05, 3.63) is 0 Å². The molecule has 2 aliphatic rings. The lowest BCUT2D eigenvalue weighted by atomic mass is 9.81. The third-order valence-electron chi connectivity index (χ3n) is 4.33. The van der Waals surface area contributed by atoms with Gasteiger partial charge in [0.05, 0.1) is 16.9 Å². The van der Waals surface area contributed by atoms with E-state index in [1.54, 1.807) is 0 Å². The Morgan fingerprint density at radius 2 is 2.26 bits per heavy atom. The highest BCUT2D eigenvalue weighted by molar-refractivity contribution is 7.91. The van der Waals surface area contributed by atoms with E-state index >= 15 is 0 Å². The molecule has 0 bridgehead atoms. The lowest BCUT2D eigenvalue weighted by Gasteiger charge is -2.27. The molecule has 110 valence electrons. The van der Waals surface area contributed by atoms with Crippen LogP contribution in [0.25, 0.3) is 0 Å². The molecule has 2 aliphatic heterocycles. The second kappa shape index (κ2) is 5.79. The lowest BCUT2D eigenvalue weighted by Crippen LogP contribution is -2.44. The minimum absolute atomic E-state index is 0.0991. The first-order chi connectivity index (χ1) is 8.97. The molecule has 2 N–H and O–H groups in total. The standard InChI is InChI=1S/C13H24N2O3S/c1-2-4-13(5-6-14-10-13)12(16)15-8-11-3-7-19(17,18)9-11/h11,14H,2-10H2,1H3,(H,15,16). The van der Waals surface area contributed by atoms with E-state index in [-0.39, 0.29) is 28.7 Å². The Labute approximate surface area is 115 Å². The molecule has 2 unspecified atom stereocenters. The van der Waals surface area contributed by atoms with Crippen molar-refractivity contribution in [2.24, 2.45) is 11.3 Å². The highest BCUT2D eigenvalue weighted by atomic mass is 32.2. The van der Waals surface area contributed by atoms with Gasteiger partial charge in [-0.05, 0) is 31.7 Å². The molecule has 5 nitrogen and oxygen atoms in total. The van der Waals surface area contributed by atoms with Crippen molar-refractivity contribution in [1.29, 1.82) is 0 Å². The van der Waals surface area contributed by atoms with E-state index < -0.39 is 9.84 Å². The third-order valence-corrected chi connectivity index (χ3v) is 6.17. The number of carbonyl (C=O) groups excluding carboxylic acids is 1. The zero-order chi connectivity index (χ0) is 13.9. The van der Waals surface area contributed by atoms with E-state index in [0.717, 1.165) is 32.4 Å². The Kier molecular flexibility index (Phi) is 4.50. The molecule has 2 heterocycles. The number of hydrogen-bond acceptors (Lipinski definition) is 4. The first-order valence-electron chi connectivity index (χ1n) is 7.17. The topological polar surface area (TPSA) is 75.3 Å². The fourth-order valence-electron chi connectivity index (χ4n) is 3.20. The Bertz CT molecular complexity index is 427. The van der Waals surface area contributed by atoms with Gasteiger partial charge in [-0.25, -0.2) is 8.42 Å². The molecule has 0 aromatic carbocycles. The van der Waals surface area contributed by atoms with Gasteiger partial charge in [-0.3, -0.25) is 4.79 Å². The van der Waals surface area contributed by atoms with Gasteiger partial charge >= 0.3 is 0 Å². The second-order valence-corrected chi connectivity index (χ2v) is 8.16. The minimum atomic E-state index is -2.85. The maximum absolute atomic E-state index is 12.4. The van der Waals surface area contributed by atoms with Gasteiger partial charge in [0.1, 0.15) is 0 Å². The van der Waals surface area contributed by atoms with Crippen molar-refractivity contribution in [1.82, 2.24) is 10.6 Å². The fraction of sp³-hybridized carbons (Fsp3) is 0.923. The summed E-state index contributed by atoms with van der Waals surface area (Å²) in [6, 6.07) is 0. The molecule has 6 heteroatoms. The molecule has 0 aromatic rings. The van der Waals surface area contributed by atoms with Gasteiger partial charge < -0.3 is 10.6 Å². The molecule has 0 aromatic heterocycles. The maximum atomic E-state index is 12.4. The van der Waals surface area contributed by atoms with Gasteiger partial charge in [0.2, 0.25) is 5.91 Å². The van der Waals surface area contributed by atoms with Crippen molar-refractivity contribution < 1.29 is 13.2 Å². The third kappa shape index (κ3) is 3.48. The zero-order valence-corrected chi connectivity index (χ0v) is 12.4. The molecule has 0 spiro atoms. The van der Waals surface area contributed by atoms with Gasteiger partial charge in [-0.1, -0.05) is 13.3 Å². The van der Waals surface area contributed by atoms with Crippen LogP contribution in [0.1, 0.15) is 32.6 Å². The van der Waals surface area contributed by atoms with Crippen molar-refractivity contribution in [2.45, 2.75) is 32.6 Å². The molecule has 19 heavy (non-hydrogen) atoms. The molecular weight excluding hydrogens is 264 g/mol. The van der Waals surface area contributed by atoms with Crippen LogP contribution in [0.15, 0.2) is 0 Å². The molecule has 2 atom stereocenters. The number of sulfone groups is 1. The first kappa shape index (κ1) is 14.8. The number of carbonyl (C=O) groups is 1. The van der Waals surface area contributed by atoms with Gasteiger partial charge in [0.25, 0.3) is 0 Å². The quantitative estimate of drug-likeness (QED) is 0.764. The molecule has 0 radical (unpaired) electrons. The maximum Gasteiger partial charge on any atom is 0.227 e. The van der Waals surface area contributed by atoms with Crippen molar-refractivity contribution >= 4 is 15.7 Å². The average molecular weight is 288 g/mol. The molecule has 2 rings (SSSR count). The van der Waals surface area contributed by atoms with Crippen molar-refractivity contribution in [3.63, 3.8) is 0 Å². The summed E-state index contributed by atoms with van der Waals surface area (Å²) in [7, 11) is -2.85. The first-order valence-corrected chi connectivity index (χ1v) is 8.99. The molecule has 0 saturated carbocycles. The summed E-state index contributed by atoms with van der Waals surface area (Å²) in [4.78, 5) is 12.4. The van der Waals surface area contributed by atoms with Gasteiger partial charge in [0.15, 0.2) is 9.84 Å². The number of hydrogen-bond donors (Lipinski definition) is 2. The molecule has 2 saturated heterocycles. The van der Waals surface area contributed by atoms with E-state index in [9.17, 15) is 13.2 Å². The summed E-state index contributed by atoms with van der Waals surface area (Å²) in [6.07, 6.45) is 3.46. The van der Waals surface area contributed by atoms with Crippen LogP contribution in [0.3, 0.4) is 0 Å². The average Bonchev–Trinajstić information content (AvgIpc) is 2.94. The Hall–Kier alpha value is -0.620. The monoisotopic (exact) mass is 288 g/mol. The Balaban J connectivity index is 1.86. The van der Waals surface area contributed by atoms with Crippen LogP contribution in [-0.2, 0) is 14.6 Å². The van der Waals surface area contributed by atoms with Crippen LogP contribution >= 0.6 is 0 Å². The van der Waals surface area contributed by atoms with E-state index in [1.807, 2.05) is 0 Å². The summed E-state index contributed by atoms with van der Waals surface area (Å²) in [5.74, 6) is 0.701. The molecular formula is C13H24N2O3S. The SMILES string of the molecule is CCCC1(C(=O)NCC2CCS(=O)(=O)C2)CCNC1. The van der Waals surface area contributed by atoms with Gasteiger partial charge in [-0.2, -0.15) is 0 Å². The van der Waals surface area contributed by atoms with Crippen LogP contribution in [-0.4, -0.2) is 45.5 Å². The number of rotatable bonds is 5. The van der Waals surface area contributed by atoms with Crippen LogP contribution in [0.5, 0.6) is 0 Å². The largest absolute Gasteiger partial charge is 0.355 e. The van der Waals surface area contributed by atoms with Gasteiger partial charge in [0, 0.05) is 13.1 Å². The lowest BCUT2D eigenvalue weighted by molar-refractivity contribution is -0.130. The predicted octanol–water partition coefficient (Wildman–Crippen LogP) is 0.317. The van der Waals surface area contributed by atoms with Crippen molar-refractivity contribution in [2.75, 3.05) is 31.1 Å². The number of amides is 1. The van der Waals surface area contributed by atoms with Crippen LogP contribution in [0.4, 0.5) is 0 Å². The molecule has 2 fully saturated rings. The second-order valence-electron chi connectivity index (χ2n) is 5.94. The van der Waals surface area contributed by atoms with Crippen LogP contribution in [0, 0.1) is 11.3 Å². The normalized spacial score (nSPS) is 33.4. The summed E-state index contributed by atoms with van der Waals surface area (Å²) < 4.78 is 22.8. The fourth-order valence-corrected chi connectivity index (χ4v) is 5.06. The summed E-state index contributed by atoms with van der Waals surface area (Å²) >= 11 is 0. The van der Waals surface area contributed by atoms with Crippen LogP contribution < -0.4 is 10.6 Å². The van der Waals surface area contributed by atoms with E-state index in [2.05, 4.69) is 17.6 Å². The van der Waals surface area contributed by atoms with E-state index in [1.165, 1.54) is 0 Å². The molecule has 0 aliphatic carbocycles. The number of nitrogens with one attached hydrogen (secondary N) is 2. The molecule has 1 amide bonds. The smallest absolute Gasteiger partial charge is 0.227 e.